The fourth-order valence-corrected chi connectivity index (χ4v) is 11.6. The second kappa shape index (κ2) is 15.6. The largest absolute Gasteiger partial charge is 0.456 e. The van der Waals surface area contributed by atoms with Gasteiger partial charge in [-0.05, 0) is 150 Å². The lowest BCUT2D eigenvalue weighted by Crippen LogP contribution is -2.25. The summed E-state index contributed by atoms with van der Waals surface area (Å²) in [6.45, 7) is 0. The van der Waals surface area contributed by atoms with Crippen LogP contribution in [0.1, 0.15) is 22.3 Å². The molecule has 0 radical (unpaired) electrons. The Labute approximate surface area is 401 Å². The molecular weight excluding hydrogens is 835 g/mol. The molecule has 0 fully saturated rings. The van der Waals surface area contributed by atoms with E-state index in [0.29, 0.717) is 0 Å². The van der Waals surface area contributed by atoms with Gasteiger partial charge < -0.3 is 9.32 Å². The maximum atomic E-state index is 6.51. The average Bonchev–Trinajstić information content (AvgIpc) is 4.06. The standard InChI is InChI=1S/C67H43NO/c1-4-16-44(17-5-1)47-28-33-52(34-29-47)68(54-41-50(45-18-6-2-7-19-45)40-51(42-54)46-20-8-3-9-21-46)53-35-30-48(31-36-53)49-32-37-56-55-22-10-13-25-59(55)67(62(56)43-49)60-26-14-11-23-57(60)65-61(67)38-39-64-66(65)58-24-12-15-27-63(58)69-64/h1-43H. The summed E-state index contributed by atoms with van der Waals surface area (Å²) in [5.74, 6) is 0. The maximum Gasteiger partial charge on any atom is 0.136 e. The van der Waals surface area contributed by atoms with E-state index in [9.17, 15) is 0 Å². The number of anilines is 3. The summed E-state index contributed by atoms with van der Waals surface area (Å²) >= 11 is 0. The monoisotopic (exact) mass is 877 g/mol. The zero-order chi connectivity index (χ0) is 45.5. The molecule has 0 saturated carbocycles. The molecule has 2 aliphatic rings. The van der Waals surface area contributed by atoms with E-state index < -0.39 is 5.41 Å². The van der Waals surface area contributed by atoms with Crippen LogP contribution in [0.4, 0.5) is 17.1 Å². The number of fused-ring (bicyclic) bond motifs is 14. The first-order chi connectivity index (χ1) is 34.2. The molecule has 2 nitrogen and oxygen atoms in total. The highest BCUT2D eigenvalue weighted by atomic mass is 16.3. The lowest BCUT2D eigenvalue weighted by molar-refractivity contribution is 0.668. The first-order valence-corrected chi connectivity index (χ1v) is 23.8. The molecule has 0 saturated heterocycles. The molecule has 2 aliphatic carbocycles. The van der Waals surface area contributed by atoms with Gasteiger partial charge in [0.1, 0.15) is 11.2 Å². The third-order valence-electron chi connectivity index (χ3n) is 14.7. The minimum atomic E-state index is -0.497. The first-order valence-electron chi connectivity index (χ1n) is 23.8. The van der Waals surface area contributed by atoms with Gasteiger partial charge in [0.15, 0.2) is 0 Å². The molecule has 1 spiro atoms. The molecule has 0 N–H and O–H groups in total. The highest BCUT2D eigenvalue weighted by molar-refractivity contribution is 6.16. The molecule has 0 bridgehead atoms. The van der Waals surface area contributed by atoms with E-state index in [4.69, 9.17) is 4.42 Å². The summed E-state index contributed by atoms with van der Waals surface area (Å²) in [6.07, 6.45) is 0. The third kappa shape index (κ3) is 6.06. The average molecular weight is 878 g/mol. The Bertz CT molecular complexity index is 3870. The highest BCUT2D eigenvalue weighted by Gasteiger charge is 2.52. The van der Waals surface area contributed by atoms with Gasteiger partial charge in [0, 0.05) is 27.8 Å². The summed E-state index contributed by atoms with van der Waals surface area (Å²) in [5.41, 5.74) is 24.4. The van der Waals surface area contributed by atoms with E-state index in [-0.39, 0.29) is 0 Å². The lowest BCUT2D eigenvalue weighted by atomic mass is 9.70. The summed E-state index contributed by atoms with van der Waals surface area (Å²) in [6, 6.07) is 95.4. The Balaban J connectivity index is 0.928. The summed E-state index contributed by atoms with van der Waals surface area (Å²) in [4.78, 5) is 2.40. The van der Waals surface area contributed by atoms with Crippen LogP contribution < -0.4 is 4.90 Å². The van der Waals surface area contributed by atoms with E-state index in [1.54, 1.807) is 0 Å². The Morgan fingerprint density at radius 2 is 0.754 bits per heavy atom. The number of furan rings is 1. The Morgan fingerprint density at radius 1 is 0.275 bits per heavy atom. The van der Waals surface area contributed by atoms with E-state index in [0.717, 1.165) is 39.2 Å². The molecule has 322 valence electrons. The molecule has 12 aromatic rings. The van der Waals surface area contributed by atoms with Gasteiger partial charge in [0.05, 0.1) is 5.41 Å². The van der Waals surface area contributed by atoms with Crippen molar-refractivity contribution in [3.8, 4) is 66.8 Å². The lowest BCUT2D eigenvalue weighted by Gasteiger charge is -2.30. The molecule has 14 rings (SSSR count). The van der Waals surface area contributed by atoms with Crippen LogP contribution in [-0.4, -0.2) is 0 Å². The summed E-state index contributed by atoms with van der Waals surface area (Å²) < 4.78 is 6.51. The van der Waals surface area contributed by atoms with Crippen LogP contribution >= 0.6 is 0 Å². The van der Waals surface area contributed by atoms with Crippen molar-refractivity contribution in [2.75, 3.05) is 4.90 Å². The van der Waals surface area contributed by atoms with Crippen molar-refractivity contribution in [1.29, 1.82) is 0 Å². The van der Waals surface area contributed by atoms with Crippen molar-refractivity contribution in [2.45, 2.75) is 5.41 Å². The SMILES string of the molecule is c1ccc(-c2ccc(N(c3ccc(-c4ccc5c(c4)C4(c6ccccc6-5)c5ccccc5-c5c4ccc4oc6ccccc6c54)cc3)c3cc(-c4ccccc4)cc(-c4ccccc4)c3)cc2)cc1. The van der Waals surface area contributed by atoms with Crippen molar-refractivity contribution >= 4 is 39.0 Å². The number of hydrogen-bond acceptors (Lipinski definition) is 2. The molecule has 2 heteroatoms. The number of nitrogens with zero attached hydrogens (tertiary/aromatic N) is 1. The zero-order valence-corrected chi connectivity index (χ0v) is 37.7. The Kier molecular flexibility index (Phi) is 8.84. The second-order valence-corrected chi connectivity index (χ2v) is 18.4. The zero-order valence-electron chi connectivity index (χ0n) is 37.7. The number of rotatable bonds is 7. The van der Waals surface area contributed by atoms with Crippen LogP contribution in [0.5, 0.6) is 0 Å². The van der Waals surface area contributed by atoms with Crippen LogP contribution in [0.15, 0.2) is 265 Å². The molecular formula is C67H43NO. The van der Waals surface area contributed by atoms with Crippen LogP contribution in [0.2, 0.25) is 0 Å². The predicted molar refractivity (Wildman–Crippen MR) is 286 cm³/mol. The normalized spacial score (nSPS) is 14.1. The highest BCUT2D eigenvalue weighted by Crippen LogP contribution is 2.64. The first kappa shape index (κ1) is 39.2. The third-order valence-corrected chi connectivity index (χ3v) is 14.7. The van der Waals surface area contributed by atoms with Crippen molar-refractivity contribution in [3.05, 3.63) is 283 Å². The van der Waals surface area contributed by atoms with Gasteiger partial charge >= 0.3 is 0 Å². The molecule has 1 unspecified atom stereocenters. The van der Waals surface area contributed by atoms with Gasteiger partial charge in [-0.2, -0.15) is 0 Å². The van der Waals surface area contributed by atoms with Crippen molar-refractivity contribution in [3.63, 3.8) is 0 Å². The van der Waals surface area contributed by atoms with Crippen molar-refractivity contribution in [2.24, 2.45) is 0 Å². The van der Waals surface area contributed by atoms with Crippen molar-refractivity contribution < 1.29 is 4.42 Å². The molecule has 69 heavy (non-hydrogen) atoms. The fraction of sp³-hybridized carbons (Fsp3) is 0.0149. The van der Waals surface area contributed by atoms with Crippen LogP contribution in [0, 0.1) is 0 Å². The topological polar surface area (TPSA) is 16.4 Å². The molecule has 11 aromatic carbocycles. The number of benzene rings is 11. The maximum absolute atomic E-state index is 6.51. The molecule has 1 heterocycles. The minimum absolute atomic E-state index is 0.497. The number of hydrogen-bond donors (Lipinski definition) is 0. The van der Waals surface area contributed by atoms with Crippen molar-refractivity contribution in [1.82, 2.24) is 0 Å². The molecule has 1 aromatic heterocycles. The van der Waals surface area contributed by atoms with Crippen LogP contribution in [0.3, 0.4) is 0 Å². The van der Waals surface area contributed by atoms with Gasteiger partial charge in [-0.1, -0.05) is 200 Å². The summed E-state index contributed by atoms with van der Waals surface area (Å²) in [7, 11) is 0. The second-order valence-electron chi connectivity index (χ2n) is 18.4. The Hall–Kier alpha value is -8.98. The van der Waals surface area contributed by atoms with E-state index >= 15 is 0 Å². The minimum Gasteiger partial charge on any atom is -0.456 e. The van der Waals surface area contributed by atoms with Crippen LogP contribution in [-0.2, 0) is 5.41 Å². The Morgan fingerprint density at radius 3 is 1.39 bits per heavy atom. The van der Waals surface area contributed by atoms with Gasteiger partial charge in [0.2, 0.25) is 0 Å². The quantitative estimate of drug-likeness (QED) is 0.159. The number of para-hydroxylation sites is 1. The molecule has 0 aliphatic heterocycles. The molecule has 0 amide bonds. The fourth-order valence-electron chi connectivity index (χ4n) is 11.6. The van der Waals surface area contributed by atoms with Crippen LogP contribution in [0.25, 0.3) is 88.7 Å². The van der Waals surface area contributed by atoms with Gasteiger partial charge in [0.25, 0.3) is 0 Å². The van der Waals surface area contributed by atoms with E-state index in [1.807, 2.05) is 0 Å². The van der Waals surface area contributed by atoms with Gasteiger partial charge in [-0.15, -0.1) is 0 Å². The van der Waals surface area contributed by atoms with E-state index in [1.165, 1.54) is 88.8 Å². The van der Waals surface area contributed by atoms with Gasteiger partial charge in [-0.25, -0.2) is 0 Å². The van der Waals surface area contributed by atoms with E-state index in [2.05, 4.69) is 266 Å². The predicted octanol–water partition coefficient (Wildman–Crippen LogP) is 18.1. The molecule has 1 atom stereocenters. The van der Waals surface area contributed by atoms with Gasteiger partial charge in [-0.3, -0.25) is 0 Å². The smallest absolute Gasteiger partial charge is 0.136 e. The summed E-state index contributed by atoms with van der Waals surface area (Å²) in [5, 5.41) is 2.34.